The monoisotopic (exact) mass is 262 g/mol. The van der Waals surface area contributed by atoms with E-state index in [-0.39, 0.29) is 0 Å². The molecule has 0 atom stereocenters. The lowest BCUT2D eigenvalue weighted by atomic mass is 10.2. The van der Waals surface area contributed by atoms with Crippen LogP contribution in [0, 0.1) is 0 Å². The molecule has 2 aromatic heterocycles. The zero-order valence-electron chi connectivity index (χ0n) is 10.9. The van der Waals surface area contributed by atoms with Crippen LogP contribution in [0.2, 0.25) is 0 Å². The molecule has 0 unspecified atom stereocenters. The van der Waals surface area contributed by atoms with Crippen molar-refractivity contribution >= 4 is 27.4 Å². The first-order valence-electron chi connectivity index (χ1n) is 6.39. The molecule has 1 N–H and O–H groups in total. The van der Waals surface area contributed by atoms with Gasteiger partial charge in [-0.25, -0.2) is 9.97 Å². The zero-order valence-corrected chi connectivity index (χ0v) is 11.7. The average Bonchev–Trinajstić information content (AvgIpc) is 2.88. The maximum absolute atomic E-state index is 4.42. The topological polar surface area (TPSA) is 41.0 Å². The molecule has 96 valence electrons. The van der Waals surface area contributed by atoms with E-state index in [2.05, 4.69) is 34.3 Å². The van der Waals surface area contributed by atoms with Crippen molar-refractivity contribution in [2.75, 3.05) is 32.5 Å². The van der Waals surface area contributed by atoms with E-state index in [1.54, 1.807) is 6.33 Å². The number of aromatic nitrogens is 2. The van der Waals surface area contributed by atoms with Crippen LogP contribution in [0.4, 0.5) is 5.82 Å². The molecule has 0 radical (unpaired) electrons. The van der Waals surface area contributed by atoms with E-state index < -0.39 is 0 Å². The van der Waals surface area contributed by atoms with Crippen molar-refractivity contribution < 1.29 is 0 Å². The second-order valence-corrected chi connectivity index (χ2v) is 6.07. The van der Waals surface area contributed by atoms with Gasteiger partial charge in [0.25, 0.3) is 0 Å². The third kappa shape index (κ3) is 2.08. The summed E-state index contributed by atoms with van der Waals surface area (Å²) in [5.74, 6) is 1.02. The number of anilines is 1. The normalized spacial score (nSPS) is 14.4. The SMILES string of the molecule is CN(C)CCNc1ncnc2sc3c(c12)CCC3. The van der Waals surface area contributed by atoms with Gasteiger partial charge < -0.3 is 10.2 Å². The van der Waals surface area contributed by atoms with E-state index in [9.17, 15) is 0 Å². The highest BCUT2D eigenvalue weighted by atomic mass is 32.1. The van der Waals surface area contributed by atoms with Crippen molar-refractivity contribution in [2.45, 2.75) is 19.3 Å². The zero-order chi connectivity index (χ0) is 12.5. The molecule has 2 heterocycles. The Balaban J connectivity index is 1.91. The molecule has 3 rings (SSSR count). The largest absolute Gasteiger partial charge is 0.368 e. The Hall–Kier alpha value is -1.20. The molecular formula is C13H18N4S. The first-order chi connectivity index (χ1) is 8.75. The third-order valence-electron chi connectivity index (χ3n) is 3.35. The Kier molecular flexibility index (Phi) is 3.18. The Morgan fingerprint density at radius 2 is 2.22 bits per heavy atom. The molecule has 0 aromatic carbocycles. The molecule has 0 aliphatic heterocycles. The molecule has 1 aliphatic rings. The van der Waals surface area contributed by atoms with E-state index in [0.29, 0.717) is 0 Å². The number of rotatable bonds is 4. The van der Waals surface area contributed by atoms with Crippen molar-refractivity contribution in [3.63, 3.8) is 0 Å². The predicted octanol–water partition coefficient (Wildman–Crippen LogP) is 2.15. The number of nitrogens with one attached hydrogen (secondary N) is 1. The van der Waals surface area contributed by atoms with Gasteiger partial charge in [0.1, 0.15) is 17.0 Å². The maximum Gasteiger partial charge on any atom is 0.138 e. The third-order valence-corrected chi connectivity index (χ3v) is 4.55. The first kappa shape index (κ1) is 11.9. The number of fused-ring (bicyclic) bond motifs is 3. The van der Waals surface area contributed by atoms with Crippen LogP contribution in [0.5, 0.6) is 0 Å². The van der Waals surface area contributed by atoms with E-state index >= 15 is 0 Å². The second-order valence-electron chi connectivity index (χ2n) is 4.99. The second kappa shape index (κ2) is 4.82. The molecule has 5 heteroatoms. The van der Waals surface area contributed by atoms with Gasteiger partial charge in [-0.2, -0.15) is 0 Å². The van der Waals surface area contributed by atoms with Crippen molar-refractivity contribution in [1.29, 1.82) is 0 Å². The van der Waals surface area contributed by atoms with Gasteiger partial charge in [-0.05, 0) is 38.9 Å². The summed E-state index contributed by atoms with van der Waals surface area (Å²) < 4.78 is 0. The fourth-order valence-electron chi connectivity index (χ4n) is 2.46. The Bertz CT molecular complexity index is 561. The van der Waals surface area contributed by atoms with Crippen LogP contribution in [0.3, 0.4) is 0 Å². The lowest BCUT2D eigenvalue weighted by molar-refractivity contribution is 0.425. The van der Waals surface area contributed by atoms with Gasteiger partial charge >= 0.3 is 0 Å². The van der Waals surface area contributed by atoms with Crippen LogP contribution in [0.25, 0.3) is 10.2 Å². The quantitative estimate of drug-likeness (QED) is 0.916. The number of likely N-dealkylation sites (N-methyl/N-ethyl adjacent to an activating group) is 1. The van der Waals surface area contributed by atoms with Gasteiger partial charge in [-0.1, -0.05) is 0 Å². The van der Waals surface area contributed by atoms with Crippen LogP contribution < -0.4 is 5.32 Å². The summed E-state index contributed by atoms with van der Waals surface area (Å²) >= 11 is 1.84. The first-order valence-corrected chi connectivity index (χ1v) is 7.21. The van der Waals surface area contributed by atoms with Crippen LogP contribution >= 0.6 is 11.3 Å². The molecule has 4 nitrogen and oxygen atoms in total. The van der Waals surface area contributed by atoms with Crippen molar-refractivity contribution in [3.8, 4) is 0 Å². The highest BCUT2D eigenvalue weighted by Gasteiger charge is 2.20. The lowest BCUT2D eigenvalue weighted by Crippen LogP contribution is -2.21. The smallest absolute Gasteiger partial charge is 0.138 e. The standard InChI is InChI=1S/C13H18N4S/c1-17(2)7-6-14-12-11-9-4-3-5-10(9)18-13(11)16-8-15-12/h8H,3-7H2,1-2H3,(H,14,15,16). The highest BCUT2D eigenvalue weighted by molar-refractivity contribution is 7.19. The summed E-state index contributed by atoms with van der Waals surface area (Å²) in [5, 5.41) is 4.72. The number of aryl methyl sites for hydroxylation is 2. The van der Waals surface area contributed by atoms with Gasteiger partial charge in [0.05, 0.1) is 5.39 Å². The average molecular weight is 262 g/mol. The van der Waals surface area contributed by atoms with Crippen molar-refractivity contribution in [3.05, 3.63) is 16.8 Å². The molecular weight excluding hydrogens is 244 g/mol. The highest BCUT2D eigenvalue weighted by Crippen LogP contribution is 2.38. The number of nitrogens with zero attached hydrogens (tertiary/aromatic N) is 3. The number of thiophene rings is 1. The summed E-state index contributed by atoms with van der Waals surface area (Å²) in [6.45, 7) is 1.93. The van der Waals surface area contributed by atoms with Crippen LogP contribution in [0.1, 0.15) is 16.9 Å². The van der Waals surface area contributed by atoms with Gasteiger partial charge in [0, 0.05) is 18.0 Å². The summed E-state index contributed by atoms with van der Waals surface area (Å²) in [7, 11) is 4.17. The van der Waals surface area contributed by atoms with E-state index in [0.717, 1.165) is 23.7 Å². The molecule has 0 saturated heterocycles. The molecule has 1 aliphatic carbocycles. The number of hydrogen-bond donors (Lipinski definition) is 1. The molecule has 0 bridgehead atoms. The van der Waals surface area contributed by atoms with Crippen LogP contribution in [-0.4, -0.2) is 42.1 Å². The van der Waals surface area contributed by atoms with Crippen molar-refractivity contribution in [2.24, 2.45) is 0 Å². The molecule has 18 heavy (non-hydrogen) atoms. The van der Waals surface area contributed by atoms with Gasteiger partial charge in [0.2, 0.25) is 0 Å². The fraction of sp³-hybridized carbons (Fsp3) is 0.538. The van der Waals surface area contributed by atoms with Gasteiger partial charge in [-0.15, -0.1) is 11.3 Å². The molecule has 0 spiro atoms. The van der Waals surface area contributed by atoms with E-state index in [1.807, 2.05) is 11.3 Å². The van der Waals surface area contributed by atoms with E-state index in [1.165, 1.54) is 35.1 Å². The number of hydrogen-bond acceptors (Lipinski definition) is 5. The summed E-state index contributed by atoms with van der Waals surface area (Å²) in [5.41, 5.74) is 1.49. The van der Waals surface area contributed by atoms with Crippen LogP contribution in [-0.2, 0) is 12.8 Å². The molecule has 2 aromatic rings. The minimum Gasteiger partial charge on any atom is -0.368 e. The predicted molar refractivity (Wildman–Crippen MR) is 76.5 cm³/mol. The fourth-order valence-corrected chi connectivity index (χ4v) is 3.69. The maximum atomic E-state index is 4.42. The van der Waals surface area contributed by atoms with Gasteiger partial charge in [0.15, 0.2) is 0 Å². The minimum atomic E-state index is 0.920. The summed E-state index contributed by atoms with van der Waals surface area (Å²) in [6, 6.07) is 0. The molecule has 0 saturated carbocycles. The van der Waals surface area contributed by atoms with E-state index in [4.69, 9.17) is 0 Å². The van der Waals surface area contributed by atoms with Crippen LogP contribution in [0.15, 0.2) is 6.33 Å². The Labute approximate surface area is 111 Å². The van der Waals surface area contributed by atoms with Crippen molar-refractivity contribution in [1.82, 2.24) is 14.9 Å². The van der Waals surface area contributed by atoms with Gasteiger partial charge in [-0.3, -0.25) is 0 Å². The summed E-state index contributed by atoms with van der Waals surface area (Å²) in [6.07, 6.45) is 5.35. The lowest BCUT2D eigenvalue weighted by Gasteiger charge is -2.11. The minimum absolute atomic E-state index is 0.920. The molecule has 0 fully saturated rings. The summed E-state index contributed by atoms with van der Waals surface area (Å²) in [4.78, 5) is 13.7. The molecule has 0 amide bonds. The Morgan fingerprint density at radius 1 is 1.33 bits per heavy atom. The Morgan fingerprint density at radius 3 is 3.06 bits per heavy atom.